The van der Waals surface area contributed by atoms with Crippen LogP contribution < -0.4 is 15.4 Å². The van der Waals surface area contributed by atoms with Crippen LogP contribution >= 0.6 is 0 Å². The maximum Gasteiger partial charge on any atom is 0.221 e. The normalized spacial score (nSPS) is 10.0. The Morgan fingerprint density at radius 3 is 2.71 bits per heavy atom. The van der Waals surface area contributed by atoms with Gasteiger partial charge in [0.25, 0.3) is 0 Å². The number of carbonyl (C=O) groups is 1. The van der Waals surface area contributed by atoms with Gasteiger partial charge in [0.15, 0.2) is 0 Å². The van der Waals surface area contributed by atoms with Crippen molar-refractivity contribution >= 4 is 17.3 Å². The summed E-state index contributed by atoms with van der Waals surface area (Å²) in [4.78, 5) is 11.1. The Hall–Kier alpha value is -2.69. The van der Waals surface area contributed by atoms with Gasteiger partial charge in [-0.1, -0.05) is 12.1 Å². The zero-order valence-corrected chi connectivity index (χ0v) is 12.0. The highest BCUT2D eigenvalue weighted by Gasteiger charge is 2.06. The number of aromatic hydroxyl groups is 1. The zero-order chi connectivity index (χ0) is 15.2. The third-order valence-electron chi connectivity index (χ3n) is 2.92. The molecule has 0 aliphatic carbocycles. The molecule has 0 aliphatic heterocycles. The lowest BCUT2D eigenvalue weighted by Gasteiger charge is -2.12. The fourth-order valence-electron chi connectivity index (χ4n) is 1.96. The molecule has 0 saturated carbocycles. The molecule has 0 radical (unpaired) electrons. The van der Waals surface area contributed by atoms with Gasteiger partial charge in [-0.15, -0.1) is 0 Å². The van der Waals surface area contributed by atoms with Crippen LogP contribution in [0.5, 0.6) is 11.5 Å². The molecule has 5 nitrogen and oxygen atoms in total. The fourth-order valence-corrected chi connectivity index (χ4v) is 1.96. The first-order valence-electron chi connectivity index (χ1n) is 6.56. The maximum absolute atomic E-state index is 11.1. The lowest BCUT2D eigenvalue weighted by atomic mass is 10.2. The number of carbonyl (C=O) groups excluding carboxylic acids is 1. The summed E-state index contributed by atoms with van der Waals surface area (Å²) < 4.78 is 5.26. The smallest absolute Gasteiger partial charge is 0.221 e. The Balaban J connectivity index is 2.08. The van der Waals surface area contributed by atoms with Crippen LogP contribution in [0.3, 0.4) is 0 Å². The van der Waals surface area contributed by atoms with Gasteiger partial charge in [-0.2, -0.15) is 0 Å². The molecule has 0 unspecified atom stereocenters. The minimum atomic E-state index is -0.145. The van der Waals surface area contributed by atoms with Gasteiger partial charge < -0.3 is 20.5 Å². The second-order valence-electron chi connectivity index (χ2n) is 4.62. The van der Waals surface area contributed by atoms with Gasteiger partial charge in [0, 0.05) is 25.2 Å². The third-order valence-corrected chi connectivity index (χ3v) is 2.92. The summed E-state index contributed by atoms with van der Waals surface area (Å²) in [7, 11) is 1.56. The van der Waals surface area contributed by atoms with Crippen LogP contribution in [0.1, 0.15) is 12.5 Å². The van der Waals surface area contributed by atoms with Crippen molar-refractivity contribution in [3.8, 4) is 11.5 Å². The van der Waals surface area contributed by atoms with Crippen molar-refractivity contribution in [2.45, 2.75) is 13.5 Å². The Morgan fingerprint density at radius 1 is 1.24 bits per heavy atom. The first kappa shape index (κ1) is 14.7. The highest BCUT2D eigenvalue weighted by molar-refractivity contribution is 5.90. The summed E-state index contributed by atoms with van der Waals surface area (Å²) >= 11 is 0. The number of anilines is 2. The lowest BCUT2D eigenvalue weighted by Crippen LogP contribution is -2.07. The topological polar surface area (TPSA) is 70.6 Å². The highest BCUT2D eigenvalue weighted by Crippen LogP contribution is 2.28. The molecule has 0 atom stereocenters. The fraction of sp³-hybridized carbons (Fsp3) is 0.188. The molecule has 2 aromatic rings. The summed E-state index contributed by atoms with van der Waals surface area (Å²) in [5, 5.41) is 15.4. The van der Waals surface area contributed by atoms with E-state index in [-0.39, 0.29) is 11.7 Å². The Morgan fingerprint density at radius 2 is 2.05 bits per heavy atom. The molecule has 3 N–H and O–H groups in total. The van der Waals surface area contributed by atoms with E-state index in [1.165, 1.54) is 6.92 Å². The van der Waals surface area contributed by atoms with Gasteiger partial charge in [0.2, 0.25) is 5.91 Å². The number of nitrogens with one attached hydrogen (secondary N) is 2. The van der Waals surface area contributed by atoms with Crippen LogP contribution in [-0.2, 0) is 11.3 Å². The third kappa shape index (κ3) is 4.14. The molecule has 5 heteroatoms. The van der Waals surface area contributed by atoms with Gasteiger partial charge in [-0.25, -0.2) is 0 Å². The molecule has 0 saturated heterocycles. The van der Waals surface area contributed by atoms with E-state index < -0.39 is 0 Å². The maximum atomic E-state index is 11.1. The molecule has 2 aromatic carbocycles. The van der Waals surface area contributed by atoms with Gasteiger partial charge >= 0.3 is 0 Å². The average Bonchev–Trinajstić information content (AvgIpc) is 2.45. The number of phenols is 1. The summed E-state index contributed by atoms with van der Waals surface area (Å²) in [6.07, 6.45) is 0. The van der Waals surface area contributed by atoms with E-state index in [0.717, 1.165) is 11.3 Å². The van der Waals surface area contributed by atoms with Crippen LogP contribution in [0, 0.1) is 0 Å². The largest absolute Gasteiger partial charge is 0.508 e. The van der Waals surface area contributed by atoms with E-state index >= 15 is 0 Å². The van der Waals surface area contributed by atoms with Crippen molar-refractivity contribution in [1.82, 2.24) is 0 Å². The molecule has 0 heterocycles. The summed E-state index contributed by atoms with van der Waals surface area (Å²) in [5.74, 6) is 0.688. The molecule has 0 aromatic heterocycles. The number of hydrogen-bond donors (Lipinski definition) is 3. The standard InChI is InChI=1S/C16H18N2O3/c1-11(19)18-15-7-6-13(9-16(15)21-2)17-10-12-4-3-5-14(20)8-12/h3-9,17,20H,10H2,1-2H3,(H,18,19). The van der Waals surface area contributed by atoms with Crippen molar-refractivity contribution < 1.29 is 14.6 Å². The average molecular weight is 286 g/mol. The Labute approximate surface area is 123 Å². The number of hydrogen-bond acceptors (Lipinski definition) is 4. The minimum absolute atomic E-state index is 0.145. The van der Waals surface area contributed by atoms with Crippen molar-refractivity contribution in [3.63, 3.8) is 0 Å². The van der Waals surface area contributed by atoms with Crippen molar-refractivity contribution in [3.05, 3.63) is 48.0 Å². The summed E-state index contributed by atoms with van der Waals surface area (Å²) in [6, 6.07) is 12.5. The molecule has 0 fully saturated rings. The molecule has 0 aliphatic rings. The Bertz CT molecular complexity index is 641. The zero-order valence-electron chi connectivity index (χ0n) is 12.0. The Kier molecular flexibility index (Phi) is 4.66. The predicted octanol–water partition coefficient (Wildman–Crippen LogP) is 2.97. The van der Waals surface area contributed by atoms with Crippen molar-refractivity contribution in [2.24, 2.45) is 0 Å². The minimum Gasteiger partial charge on any atom is -0.508 e. The van der Waals surface area contributed by atoms with Gasteiger partial charge in [0.05, 0.1) is 12.8 Å². The molecular weight excluding hydrogens is 268 g/mol. The second-order valence-corrected chi connectivity index (χ2v) is 4.62. The molecule has 21 heavy (non-hydrogen) atoms. The summed E-state index contributed by atoms with van der Waals surface area (Å²) in [5.41, 5.74) is 2.47. The van der Waals surface area contributed by atoms with E-state index in [4.69, 9.17) is 4.74 Å². The summed E-state index contributed by atoms with van der Waals surface area (Å²) in [6.45, 7) is 2.03. The predicted molar refractivity (Wildman–Crippen MR) is 82.7 cm³/mol. The SMILES string of the molecule is COc1cc(NCc2cccc(O)c2)ccc1NC(C)=O. The van der Waals surface area contributed by atoms with E-state index in [1.807, 2.05) is 18.2 Å². The van der Waals surface area contributed by atoms with E-state index in [0.29, 0.717) is 18.0 Å². The quantitative estimate of drug-likeness (QED) is 0.790. The number of phenolic OH excluding ortho intramolecular Hbond substituents is 1. The molecule has 1 amide bonds. The number of rotatable bonds is 5. The van der Waals surface area contributed by atoms with Crippen LogP contribution in [-0.4, -0.2) is 18.1 Å². The molecule has 2 rings (SSSR count). The van der Waals surface area contributed by atoms with Crippen LogP contribution in [0.4, 0.5) is 11.4 Å². The number of ether oxygens (including phenoxy) is 1. The van der Waals surface area contributed by atoms with E-state index in [1.54, 1.807) is 31.4 Å². The molecule has 110 valence electrons. The number of methoxy groups -OCH3 is 1. The van der Waals surface area contributed by atoms with Crippen LogP contribution in [0.25, 0.3) is 0 Å². The van der Waals surface area contributed by atoms with Gasteiger partial charge in [0.1, 0.15) is 11.5 Å². The van der Waals surface area contributed by atoms with Gasteiger partial charge in [-0.3, -0.25) is 4.79 Å². The van der Waals surface area contributed by atoms with E-state index in [2.05, 4.69) is 10.6 Å². The highest BCUT2D eigenvalue weighted by atomic mass is 16.5. The lowest BCUT2D eigenvalue weighted by molar-refractivity contribution is -0.114. The van der Waals surface area contributed by atoms with Crippen molar-refractivity contribution in [1.29, 1.82) is 0 Å². The number of benzene rings is 2. The van der Waals surface area contributed by atoms with E-state index in [9.17, 15) is 9.90 Å². The van der Waals surface area contributed by atoms with Gasteiger partial charge in [-0.05, 0) is 29.8 Å². The first-order valence-corrected chi connectivity index (χ1v) is 6.56. The van der Waals surface area contributed by atoms with Crippen LogP contribution in [0.2, 0.25) is 0 Å². The molecule has 0 spiro atoms. The number of amides is 1. The first-order chi connectivity index (χ1) is 10.1. The van der Waals surface area contributed by atoms with Crippen molar-refractivity contribution in [2.75, 3.05) is 17.7 Å². The molecular formula is C16H18N2O3. The van der Waals surface area contributed by atoms with Crippen LogP contribution in [0.15, 0.2) is 42.5 Å². The monoisotopic (exact) mass is 286 g/mol. The molecule has 0 bridgehead atoms. The second kappa shape index (κ2) is 6.65.